The molecule has 0 saturated heterocycles. The number of nitrogens with zero attached hydrogens (tertiary/aromatic N) is 2. The minimum atomic E-state index is -0.569. The van der Waals surface area contributed by atoms with Gasteiger partial charge in [0.05, 0.1) is 5.56 Å². The predicted molar refractivity (Wildman–Crippen MR) is 60.7 cm³/mol. The Kier molecular flexibility index (Phi) is 4.40. The first-order valence-corrected chi connectivity index (χ1v) is 5.45. The molecule has 1 rings (SSSR count). The fraction of sp³-hybridized carbons (Fsp3) is 0.500. The maximum absolute atomic E-state index is 12.6. The summed E-state index contributed by atoms with van der Waals surface area (Å²) < 4.78 is 12.6. The van der Waals surface area contributed by atoms with Gasteiger partial charge >= 0.3 is 0 Å². The van der Waals surface area contributed by atoms with Gasteiger partial charge in [-0.3, -0.25) is 4.79 Å². The van der Waals surface area contributed by atoms with E-state index in [4.69, 9.17) is 0 Å². The molecule has 0 spiro atoms. The van der Waals surface area contributed by atoms with Crippen molar-refractivity contribution in [2.45, 2.75) is 32.7 Å². The van der Waals surface area contributed by atoms with Gasteiger partial charge in [0.15, 0.2) is 0 Å². The lowest BCUT2D eigenvalue weighted by molar-refractivity contribution is 0.0736. The first kappa shape index (κ1) is 12.6. The van der Waals surface area contributed by atoms with Crippen molar-refractivity contribution in [1.82, 2.24) is 9.88 Å². The molecule has 0 saturated carbocycles. The molecule has 3 nitrogen and oxygen atoms in total. The standard InChI is InChI=1S/C12H17FN2O/c1-4-5-9(2)15(3)12(16)10-6-7-11(13)14-8-10/h6-9H,4-5H2,1-3H3. The molecule has 1 heterocycles. The Hall–Kier alpha value is -1.45. The minimum Gasteiger partial charge on any atom is -0.339 e. The fourth-order valence-electron chi connectivity index (χ4n) is 1.52. The Morgan fingerprint density at radius 2 is 2.25 bits per heavy atom. The average Bonchev–Trinajstić information content (AvgIpc) is 2.28. The van der Waals surface area contributed by atoms with Crippen LogP contribution < -0.4 is 0 Å². The summed E-state index contributed by atoms with van der Waals surface area (Å²) in [5.41, 5.74) is 0.423. The molecule has 1 atom stereocenters. The van der Waals surface area contributed by atoms with Crippen LogP contribution in [0.1, 0.15) is 37.0 Å². The smallest absolute Gasteiger partial charge is 0.255 e. The second-order valence-electron chi connectivity index (χ2n) is 3.92. The van der Waals surface area contributed by atoms with Crippen LogP contribution in [0, 0.1) is 5.95 Å². The lowest BCUT2D eigenvalue weighted by Crippen LogP contribution is -2.35. The third-order valence-electron chi connectivity index (χ3n) is 2.66. The normalized spacial score (nSPS) is 12.2. The molecule has 0 aliphatic rings. The molecule has 1 amide bonds. The first-order chi connectivity index (χ1) is 7.56. The number of rotatable bonds is 4. The van der Waals surface area contributed by atoms with Crippen LogP contribution >= 0.6 is 0 Å². The molecule has 1 aromatic rings. The largest absolute Gasteiger partial charge is 0.339 e. The second kappa shape index (κ2) is 5.58. The molecular formula is C12H17FN2O. The van der Waals surface area contributed by atoms with E-state index in [0.717, 1.165) is 12.8 Å². The summed E-state index contributed by atoms with van der Waals surface area (Å²) in [6, 6.07) is 2.84. The molecule has 0 aliphatic carbocycles. The summed E-state index contributed by atoms with van der Waals surface area (Å²) in [7, 11) is 1.76. The lowest BCUT2D eigenvalue weighted by atomic mass is 10.1. The van der Waals surface area contributed by atoms with Crippen LogP contribution in [0.4, 0.5) is 4.39 Å². The number of carbonyl (C=O) groups is 1. The van der Waals surface area contributed by atoms with Gasteiger partial charge in [0.25, 0.3) is 5.91 Å². The van der Waals surface area contributed by atoms with Crippen molar-refractivity contribution in [3.63, 3.8) is 0 Å². The van der Waals surface area contributed by atoms with Crippen LogP contribution in [-0.4, -0.2) is 28.9 Å². The van der Waals surface area contributed by atoms with E-state index in [9.17, 15) is 9.18 Å². The van der Waals surface area contributed by atoms with E-state index in [1.54, 1.807) is 11.9 Å². The molecule has 0 N–H and O–H groups in total. The number of halogens is 1. The van der Waals surface area contributed by atoms with Gasteiger partial charge in [0, 0.05) is 19.3 Å². The van der Waals surface area contributed by atoms with Crippen molar-refractivity contribution < 1.29 is 9.18 Å². The maximum Gasteiger partial charge on any atom is 0.255 e. The van der Waals surface area contributed by atoms with Crippen molar-refractivity contribution in [2.24, 2.45) is 0 Å². The molecule has 0 aliphatic heterocycles. The Bertz CT molecular complexity index is 351. The fourth-order valence-corrected chi connectivity index (χ4v) is 1.52. The highest BCUT2D eigenvalue weighted by molar-refractivity contribution is 5.93. The first-order valence-electron chi connectivity index (χ1n) is 5.45. The van der Waals surface area contributed by atoms with Crippen molar-refractivity contribution in [2.75, 3.05) is 7.05 Å². The highest BCUT2D eigenvalue weighted by Crippen LogP contribution is 2.09. The van der Waals surface area contributed by atoms with E-state index in [1.165, 1.54) is 18.3 Å². The average molecular weight is 224 g/mol. The van der Waals surface area contributed by atoms with Crippen LogP contribution in [0.15, 0.2) is 18.3 Å². The van der Waals surface area contributed by atoms with Gasteiger partial charge in [0.2, 0.25) is 5.95 Å². The molecular weight excluding hydrogens is 207 g/mol. The van der Waals surface area contributed by atoms with Crippen LogP contribution in [0.3, 0.4) is 0 Å². The van der Waals surface area contributed by atoms with Crippen molar-refractivity contribution in [1.29, 1.82) is 0 Å². The summed E-state index contributed by atoms with van der Waals surface area (Å²) in [5, 5.41) is 0. The molecule has 0 fully saturated rings. The van der Waals surface area contributed by atoms with Gasteiger partial charge in [0.1, 0.15) is 0 Å². The molecule has 0 aromatic carbocycles. The minimum absolute atomic E-state index is 0.117. The van der Waals surface area contributed by atoms with Crippen molar-refractivity contribution in [3.8, 4) is 0 Å². The van der Waals surface area contributed by atoms with Gasteiger partial charge in [-0.25, -0.2) is 4.98 Å². The number of amides is 1. The van der Waals surface area contributed by atoms with E-state index in [-0.39, 0.29) is 11.9 Å². The zero-order chi connectivity index (χ0) is 12.1. The highest BCUT2D eigenvalue weighted by Gasteiger charge is 2.16. The lowest BCUT2D eigenvalue weighted by Gasteiger charge is -2.24. The maximum atomic E-state index is 12.6. The highest BCUT2D eigenvalue weighted by atomic mass is 19.1. The van der Waals surface area contributed by atoms with Crippen LogP contribution in [-0.2, 0) is 0 Å². The Balaban J connectivity index is 2.73. The Morgan fingerprint density at radius 3 is 2.75 bits per heavy atom. The molecule has 0 radical (unpaired) electrons. The van der Waals surface area contributed by atoms with Crippen LogP contribution in [0.5, 0.6) is 0 Å². The number of pyridine rings is 1. The number of hydrogen-bond acceptors (Lipinski definition) is 2. The molecule has 1 unspecified atom stereocenters. The number of carbonyl (C=O) groups excluding carboxylic acids is 1. The molecule has 16 heavy (non-hydrogen) atoms. The van der Waals surface area contributed by atoms with Crippen molar-refractivity contribution >= 4 is 5.91 Å². The summed E-state index contributed by atoms with van der Waals surface area (Å²) in [5.74, 6) is -0.686. The topological polar surface area (TPSA) is 33.2 Å². The van der Waals surface area contributed by atoms with Crippen molar-refractivity contribution in [3.05, 3.63) is 29.8 Å². The van der Waals surface area contributed by atoms with E-state index < -0.39 is 5.95 Å². The molecule has 0 bridgehead atoms. The molecule has 88 valence electrons. The van der Waals surface area contributed by atoms with Gasteiger partial charge in [-0.15, -0.1) is 0 Å². The van der Waals surface area contributed by atoms with Gasteiger partial charge in [-0.1, -0.05) is 13.3 Å². The Labute approximate surface area is 95.3 Å². The monoisotopic (exact) mass is 224 g/mol. The number of hydrogen-bond donors (Lipinski definition) is 0. The zero-order valence-corrected chi connectivity index (χ0v) is 9.90. The third kappa shape index (κ3) is 3.02. The van der Waals surface area contributed by atoms with Gasteiger partial charge in [-0.2, -0.15) is 4.39 Å². The van der Waals surface area contributed by atoms with Crippen LogP contribution in [0.25, 0.3) is 0 Å². The molecule has 1 aromatic heterocycles. The predicted octanol–water partition coefficient (Wildman–Crippen LogP) is 2.48. The third-order valence-corrected chi connectivity index (χ3v) is 2.66. The second-order valence-corrected chi connectivity index (χ2v) is 3.92. The van der Waals surface area contributed by atoms with E-state index in [0.29, 0.717) is 5.56 Å². The quantitative estimate of drug-likeness (QED) is 0.736. The summed E-state index contributed by atoms with van der Waals surface area (Å²) in [6.07, 6.45) is 3.25. The van der Waals surface area contributed by atoms with E-state index >= 15 is 0 Å². The summed E-state index contributed by atoms with van der Waals surface area (Å²) >= 11 is 0. The molecule has 4 heteroatoms. The van der Waals surface area contributed by atoms with E-state index in [2.05, 4.69) is 11.9 Å². The zero-order valence-electron chi connectivity index (χ0n) is 9.90. The Morgan fingerprint density at radius 1 is 1.56 bits per heavy atom. The van der Waals surface area contributed by atoms with Gasteiger partial charge < -0.3 is 4.90 Å². The number of aromatic nitrogens is 1. The SMILES string of the molecule is CCCC(C)N(C)C(=O)c1ccc(F)nc1. The van der Waals surface area contributed by atoms with E-state index in [1.807, 2.05) is 6.92 Å². The summed E-state index contributed by atoms with van der Waals surface area (Å²) in [4.78, 5) is 17.1. The van der Waals surface area contributed by atoms with Crippen LogP contribution in [0.2, 0.25) is 0 Å². The summed E-state index contributed by atoms with van der Waals surface area (Å²) in [6.45, 7) is 4.08. The van der Waals surface area contributed by atoms with Gasteiger partial charge in [-0.05, 0) is 25.5 Å².